The van der Waals surface area contributed by atoms with Crippen LogP contribution >= 0.6 is 27.3 Å². The summed E-state index contributed by atoms with van der Waals surface area (Å²) in [6, 6.07) is 2.36. The van der Waals surface area contributed by atoms with Crippen LogP contribution in [0.3, 0.4) is 0 Å². The molecule has 0 radical (unpaired) electrons. The second-order valence-corrected chi connectivity index (χ2v) is 8.14. The van der Waals surface area contributed by atoms with E-state index in [1.54, 1.807) is 17.4 Å². The number of thiophene rings is 1. The highest BCUT2D eigenvalue weighted by Gasteiger charge is 2.37. The molecule has 0 spiro atoms. The minimum absolute atomic E-state index is 0.135. The SMILES string of the molecule is NC1CCC2CN(C(=O)/C=C/c3csc(Br)c3)CC2C1. The first-order chi connectivity index (χ1) is 9.61. The third-order valence-electron chi connectivity index (χ3n) is 4.41. The Morgan fingerprint density at radius 3 is 2.95 bits per heavy atom. The summed E-state index contributed by atoms with van der Waals surface area (Å²) in [6.45, 7) is 1.79. The largest absolute Gasteiger partial charge is 0.339 e. The maximum Gasteiger partial charge on any atom is 0.246 e. The molecule has 5 heteroatoms. The predicted molar refractivity (Wildman–Crippen MR) is 86.4 cm³/mol. The molecular formula is C15H19BrN2OS. The number of hydrogen-bond donors (Lipinski definition) is 1. The Hall–Kier alpha value is -0.650. The molecule has 0 aromatic carbocycles. The quantitative estimate of drug-likeness (QED) is 0.829. The van der Waals surface area contributed by atoms with Crippen LogP contribution in [0, 0.1) is 11.8 Å². The predicted octanol–water partition coefficient (Wildman–Crippen LogP) is 3.11. The fourth-order valence-electron chi connectivity index (χ4n) is 3.33. The van der Waals surface area contributed by atoms with Gasteiger partial charge in [-0.25, -0.2) is 0 Å². The number of carbonyl (C=O) groups is 1. The molecule has 108 valence electrons. The summed E-state index contributed by atoms with van der Waals surface area (Å²) in [7, 11) is 0. The molecule has 1 aliphatic carbocycles. The highest BCUT2D eigenvalue weighted by molar-refractivity contribution is 9.11. The monoisotopic (exact) mass is 354 g/mol. The molecule has 1 aliphatic heterocycles. The number of rotatable bonds is 2. The minimum Gasteiger partial charge on any atom is -0.339 e. The lowest BCUT2D eigenvalue weighted by atomic mass is 9.79. The number of amides is 1. The van der Waals surface area contributed by atoms with Crippen molar-refractivity contribution in [2.75, 3.05) is 13.1 Å². The van der Waals surface area contributed by atoms with Crippen LogP contribution in [0.25, 0.3) is 6.08 Å². The Morgan fingerprint density at radius 1 is 1.40 bits per heavy atom. The highest BCUT2D eigenvalue weighted by Crippen LogP contribution is 2.35. The van der Waals surface area contributed by atoms with E-state index in [1.165, 1.54) is 6.42 Å². The topological polar surface area (TPSA) is 46.3 Å². The Labute approximate surface area is 132 Å². The van der Waals surface area contributed by atoms with Gasteiger partial charge in [-0.05, 0) is 70.1 Å². The molecule has 2 heterocycles. The van der Waals surface area contributed by atoms with Crippen LogP contribution < -0.4 is 5.73 Å². The summed E-state index contributed by atoms with van der Waals surface area (Å²) in [5.74, 6) is 1.42. The van der Waals surface area contributed by atoms with E-state index in [1.807, 2.05) is 22.4 Å². The van der Waals surface area contributed by atoms with Crippen LogP contribution in [0.2, 0.25) is 0 Å². The summed E-state index contributed by atoms with van der Waals surface area (Å²) in [5, 5.41) is 2.04. The van der Waals surface area contributed by atoms with Crippen LogP contribution in [-0.4, -0.2) is 29.9 Å². The lowest BCUT2D eigenvalue weighted by Crippen LogP contribution is -2.32. The van der Waals surface area contributed by atoms with E-state index in [4.69, 9.17) is 5.73 Å². The third kappa shape index (κ3) is 3.15. The van der Waals surface area contributed by atoms with Gasteiger partial charge in [-0.15, -0.1) is 11.3 Å². The second kappa shape index (κ2) is 6.00. The molecule has 1 saturated heterocycles. The number of nitrogens with zero attached hydrogens (tertiary/aromatic N) is 1. The zero-order valence-electron chi connectivity index (χ0n) is 11.3. The smallest absolute Gasteiger partial charge is 0.246 e. The zero-order valence-corrected chi connectivity index (χ0v) is 13.7. The van der Waals surface area contributed by atoms with Gasteiger partial charge in [0.15, 0.2) is 0 Å². The molecule has 2 N–H and O–H groups in total. The van der Waals surface area contributed by atoms with Gasteiger partial charge in [0.2, 0.25) is 5.91 Å². The molecule has 1 aromatic heterocycles. The van der Waals surface area contributed by atoms with Crippen molar-refractivity contribution in [3.05, 3.63) is 26.9 Å². The Kier molecular flexibility index (Phi) is 4.29. The lowest BCUT2D eigenvalue weighted by molar-refractivity contribution is -0.125. The number of fused-ring (bicyclic) bond motifs is 1. The van der Waals surface area contributed by atoms with Gasteiger partial charge in [-0.3, -0.25) is 4.79 Å². The van der Waals surface area contributed by atoms with Crippen LogP contribution in [0.4, 0.5) is 0 Å². The van der Waals surface area contributed by atoms with Crippen molar-refractivity contribution in [1.82, 2.24) is 4.90 Å². The zero-order chi connectivity index (χ0) is 14.1. The van der Waals surface area contributed by atoms with Crippen LogP contribution in [0.1, 0.15) is 24.8 Å². The molecular weight excluding hydrogens is 336 g/mol. The van der Waals surface area contributed by atoms with E-state index in [0.29, 0.717) is 17.9 Å². The number of halogens is 1. The molecule has 3 rings (SSSR count). The molecule has 2 fully saturated rings. The van der Waals surface area contributed by atoms with Crippen molar-refractivity contribution in [2.45, 2.75) is 25.3 Å². The maximum absolute atomic E-state index is 12.2. The fraction of sp³-hybridized carbons (Fsp3) is 0.533. The van der Waals surface area contributed by atoms with Crippen molar-refractivity contribution in [3.8, 4) is 0 Å². The van der Waals surface area contributed by atoms with Crippen molar-refractivity contribution >= 4 is 39.2 Å². The van der Waals surface area contributed by atoms with Crippen LogP contribution in [-0.2, 0) is 4.79 Å². The van der Waals surface area contributed by atoms with Gasteiger partial charge in [0.1, 0.15) is 0 Å². The minimum atomic E-state index is 0.135. The summed E-state index contributed by atoms with van der Waals surface area (Å²) >= 11 is 5.06. The molecule has 3 unspecified atom stereocenters. The normalized spacial score (nSPS) is 29.9. The molecule has 1 aromatic rings. The molecule has 1 saturated carbocycles. The van der Waals surface area contributed by atoms with Crippen molar-refractivity contribution in [3.63, 3.8) is 0 Å². The molecule has 0 bridgehead atoms. The Balaban J connectivity index is 1.60. The van der Waals surface area contributed by atoms with E-state index in [-0.39, 0.29) is 5.91 Å². The second-order valence-electron chi connectivity index (χ2n) is 5.85. The summed E-state index contributed by atoms with van der Waals surface area (Å²) in [4.78, 5) is 14.2. The molecule has 1 amide bonds. The molecule has 2 aliphatic rings. The molecule has 3 nitrogen and oxygen atoms in total. The number of hydrogen-bond acceptors (Lipinski definition) is 3. The standard InChI is InChI=1S/C15H19BrN2OS/c16-14-5-10(9-20-14)1-4-15(19)18-7-11-2-3-13(17)6-12(11)8-18/h1,4-5,9,11-13H,2-3,6-8,17H2/b4-1+. The van der Waals surface area contributed by atoms with Gasteiger partial charge >= 0.3 is 0 Å². The average molecular weight is 355 g/mol. The van der Waals surface area contributed by atoms with Crippen LogP contribution in [0.15, 0.2) is 21.3 Å². The van der Waals surface area contributed by atoms with E-state index < -0.39 is 0 Å². The first-order valence-corrected chi connectivity index (χ1v) is 8.75. The lowest BCUT2D eigenvalue weighted by Gasteiger charge is -2.27. The first kappa shape index (κ1) is 14.3. The Bertz CT molecular complexity index is 528. The van der Waals surface area contributed by atoms with Crippen LogP contribution in [0.5, 0.6) is 0 Å². The number of nitrogens with two attached hydrogens (primary N) is 1. The van der Waals surface area contributed by atoms with E-state index >= 15 is 0 Å². The van der Waals surface area contributed by atoms with Gasteiger partial charge in [-0.2, -0.15) is 0 Å². The van der Waals surface area contributed by atoms with Gasteiger partial charge in [0, 0.05) is 25.2 Å². The van der Waals surface area contributed by atoms with Gasteiger partial charge in [0.05, 0.1) is 3.79 Å². The van der Waals surface area contributed by atoms with Crippen molar-refractivity contribution in [2.24, 2.45) is 17.6 Å². The summed E-state index contributed by atoms with van der Waals surface area (Å²) in [5.41, 5.74) is 7.11. The maximum atomic E-state index is 12.2. The van der Waals surface area contributed by atoms with Crippen molar-refractivity contribution < 1.29 is 4.79 Å². The van der Waals surface area contributed by atoms with Gasteiger partial charge in [-0.1, -0.05) is 0 Å². The van der Waals surface area contributed by atoms with E-state index in [0.717, 1.165) is 35.3 Å². The van der Waals surface area contributed by atoms with E-state index in [9.17, 15) is 4.79 Å². The van der Waals surface area contributed by atoms with Gasteiger partial charge in [0.25, 0.3) is 0 Å². The molecule has 20 heavy (non-hydrogen) atoms. The summed E-state index contributed by atoms with van der Waals surface area (Å²) in [6.07, 6.45) is 6.97. The number of likely N-dealkylation sites (tertiary alicyclic amines) is 1. The average Bonchev–Trinajstić information content (AvgIpc) is 3.01. The fourth-order valence-corrected chi connectivity index (χ4v) is 4.48. The molecule has 3 atom stereocenters. The highest BCUT2D eigenvalue weighted by atomic mass is 79.9. The van der Waals surface area contributed by atoms with E-state index in [2.05, 4.69) is 15.9 Å². The van der Waals surface area contributed by atoms with Gasteiger partial charge < -0.3 is 10.6 Å². The first-order valence-electron chi connectivity index (χ1n) is 7.08. The third-order valence-corrected chi connectivity index (χ3v) is 5.93. The summed E-state index contributed by atoms with van der Waals surface area (Å²) < 4.78 is 1.09. The Morgan fingerprint density at radius 2 is 2.20 bits per heavy atom. The van der Waals surface area contributed by atoms with Crippen molar-refractivity contribution in [1.29, 1.82) is 0 Å². The number of carbonyl (C=O) groups excluding carboxylic acids is 1.